The molecule has 88 valence electrons. The average molecular weight is 295 g/mol. The van der Waals surface area contributed by atoms with Crippen molar-refractivity contribution in [2.45, 2.75) is 6.42 Å². The van der Waals surface area contributed by atoms with Gasteiger partial charge in [-0.25, -0.2) is 9.97 Å². The highest BCUT2D eigenvalue weighted by molar-refractivity contribution is 9.09. The zero-order chi connectivity index (χ0) is 11.8. The highest BCUT2D eigenvalue weighted by atomic mass is 79.9. The number of amides is 1. The van der Waals surface area contributed by atoms with E-state index in [2.05, 4.69) is 30.9 Å². The summed E-state index contributed by atoms with van der Waals surface area (Å²) in [5, 5.41) is 1.74. The first kappa shape index (κ1) is 10.7. The van der Waals surface area contributed by atoms with Crippen molar-refractivity contribution < 1.29 is 4.79 Å². The first-order valence-electron chi connectivity index (χ1n) is 5.44. The predicted octanol–water partition coefficient (Wildman–Crippen LogP) is 1.71. The van der Waals surface area contributed by atoms with Crippen LogP contribution in [-0.2, 0) is 4.79 Å². The molecule has 3 heterocycles. The molecule has 3 rings (SSSR count). The zero-order valence-electron chi connectivity index (χ0n) is 9.06. The third kappa shape index (κ3) is 1.72. The molecule has 2 aromatic rings. The highest BCUT2D eigenvalue weighted by Gasteiger charge is 2.31. The fourth-order valence-corrected chi connectivity index (χ4v) is 2.60. The van der Waals surface area contributed by atoms with Gasteiger partial charge in [0.25, 0.3) is 0 Å². The lowest BCUT2D eigenvalue weighted by Gasteiger charge is -2.15. The SMILES string of the molecule is O=C1CC(CBr)CN1c1ncnc2[nH]ccc12. The second-order valence-electron chi connectivity index (χ2n) is 4.17. The van der Waals surface area contributed by atoms with Gasteiger partial charge >= 0.3 is 0 Å². The summed E-state index contributed by atoms with van der Waals surface area (Å²) in [6, 6.07) is 1.90. The quantitative estimate of drug-likeness (QED) is 0.858. The minimum atomic E-state index is 0.135. The molecule has 1 saturated heterocycles. The van der Waals surface area contributed by atoms with Gasteiger partial charge in [0.1, 0.15) is 17.8 Å². The van der Waals surface area contributed by atoms with Crippen molar-refractivity contribution in [2.24, 2.45) is 5.92 Å². The summed E-state index contributed by atoms with van der Waals surface area (Å²) in [6.45, 7) is 0.724. The third-order valence-electron chi connectivity index (χ3n) is 3.01. The van der Waals surface area contributed by atoms with E-state index in [0.29, 0.717) is 18.2 Å². The molecule has 2 aromatic heterocycles. The number of anilines is 1. The van der Waals surface area contributed by atoms with E-state index in [1.165, 1.54) is 6.33 Å². The van der Waals surface area contributed by atoms with E-state index in [1.807, 2.05) is 12.3 Å². The number of hydrogen-bond acceptors (Lipinski definition) is 3. The van der Waals surface area contributed by atoms with E-state index >= 15 is 0 Å². The Labute approximate surface area is 106 Å². The number of carbonyl (C=O) groups is 1. The van der Waals surface area contributed by atoms with Crippen LogP contribution >= 0.6 is 15.9 Å². The van der Waals surface area contributed by atoms with Crippen LogP contribution in [0.3, 0.4) is 0 Å². The van der Waals surface area contributed by atoms with Crippen molar-refractivity contribution in [1.29, 1.82) is 0 Å². The molecule has 5 nitrogen and oxygen atoms in total. The van der Waals surface area contributed by atoms with Crippen LogP contribution in [-0.4, -0.2) is 32.7 Å². The van der Waals surface area contributed by atoms with E-state index in [0.717, 1.165) is 22.9 Å². The number of aromatic amines is 1. The monoisotopic (exact) mass is 294 g/mol. The fourth-order valence-electron chi connectivity index (χ4n) is 2.16. The molecular formula is C11H11BrN4O. The first-order chi connectivity index (χ1) is 8.29. The maximum Gasteiger partial charge on any atom is 0.228 e. The molecule has 0 spiro atoms. The minimum Gasteiger partial charge on any atom is -0.346 e. The molecular weight excluding hydrogens is 284 g/mol. The summed E-state index contributed by atoms with van der Waals surface area (Å²) in [6.07, 6.45) is 3.88. The molecule has 1 N–H and O–H groups in total. The van der Waals surface area contributed by atoms with Gasteiger partial charge in [0.15, 0.2) is 0 Å². The normalized spacial score (nSPS) is 20.4. The lowest BCUT2D eigenvalue weighted by atomic mass is 10.2. The van der Waals surface area contributed by atoms with E-state index in [1.54, 1.807) is 4.90 Å². The molecule has 0 radical (unpaired) electrons. The van der Waals surface area contributed by atoms with Crippen LogP contribution in [0, 0.1) is 5.92 Å². The molecule has 1 amide bonds. The Balaban J connectivity index is 2.04. The minimum absolute atomic E-state index is 0.135. The first-order valence-corrected chi connectivity index (χ1v) is 6.56. The number of H-pyrrole nitrogens is 1. The largest absolute Gasteiger partial charge is 0.346 e. The maximum atomic E-state index is 11.9. The van der Waals surface area contributed by atoms with Gasteiger partial charge in [0, 0.05) is 24.5 Å². The number of halogens is 1. The van der Waals surface area contributed by atoms with Crippen LogP contribution in [0.5, 0.6) is 0 Å². The van der Waals surface area contributed by atoms with Crippen LogP contribution in [0.1, 0.15) is 6.42 Å². The number of carbonyl (C=O) groups excluding carboxylic acids is 1. The molecule has 0 saturated carbocycles. The van der Waals surface area contributed by atoms with E-state index in [9.17, 15) is 4.79 Å². The Morgan fingerprint density at radius 2 is 2.41 bits per heavy atom. The van der Waals surface area contributed by atoms with E-state index < -0.39 is 0 Å². The number of aromatic nitrogens is 3. The van der Waals surface area contributed by atoms with Crippen molar-refractivity contribution >= 4 is 38.7 Å². The van der Waals surface area contributed by atoms with Gasteiger partial charge in [0.2, 0.25) is 5.91 Å². The summed E-state index contributed by atoms with van der Waals surface area (Å²) in [5.74, 6) is 1.21. The standard InChI is InChI=1S/C11H11BrN4O/c12-4-7-3-9(17)16(5-7)11-8-1-2-13-10(8)14-6-15-11/h1-2,6-7H,3-5H2,(H,13,14,15). The van der Waals surface area contributed by atoms with Crippen molar-refractivity contribution in [3.05, 3.63) is 18.6 Å². The van der Waals surface area contributed by atoms with Crippen LogP contribution < -0.4 is 4.90 Å². The Kier molecular flexibility index (Phi) is 2.58. The third-order valence-corrected chi connectivity index (χ3v) is 3.93. The molecule has 6 heteroatoms. The highest BCUT2D eigenvalue weighted by Crippen LogP contribution is 2.28. The molecule has 0 bridgehead atoms. The van der Waals surface area contributed by atoms with Crippen LogP contribution in [0.4, 0.5) is 5.82 Å². The predicted molar refractivity (Wildman–Crippen MR) is 68.1 cm³/mol. The van der Waals surface area contributed by atoms with Crippen LogP contribution in [0.2, 0.25) is 0 Å². The number of rotatable bonds is 2. The van der Waals surface area contributed by atoms with Crippen LogP contribution in [0.15, 0.2) is 18.6 Å². The molecule has 1 fully saturated rings. The topological polar surface area (TPSA) is 61.9 Å². The summed E-state index contributed by atoms with van der Waals surface area (Å²) >= 11 is 3.43. The van der Waals surface area contributed by atoms with Gasteiger partial charge in [0.05, 0.1) is 5.39 Å². The number of alkyl halides is 1. The molecule has 1 aliphatic rings. The second kappa shape index (κ2) is 4.10. The second-order valence-corrected chi connectivity index (χ2v) is 4.81. The van der Waals surface area contributed by atoms with Crippen molar-refractivity contribution in [3.63, 3.8) is 0 Å². The molecule has 0 aromatic carbocycles. The van der Waals surface area contributed by atoms with Crippen molar-refractivity contribution in [1.82, 2.24) is 15.0 Å². The van der Waals surface area contributed by atoms with Crippen molar-refractivity contribution in [2.75, 3.05) is 16.8 Å². The van der Waals surface area contributed by atoms with Crippen LogP contribution in [0.25, 0.3) is 11.0 Å². The Morgan fingerprint density at radius 3 is 3.18 bits per heavy atom. The fraction of sp³-hybridized carbons (Fsp3) is 0.364. The maximum absolute atomic E-state index is 11.9. The van der Waals surface area contributed by atoms with Gasteiger partial charge in [-0.05, 0) is 12.0 Å². The molecule has 1 aliphatic heterocycles. The van der Waals surface area contributed by atoms with Gasteiger partial charge in [-0.1, -0.05) is 15.9 Å². The van der Waals surface area contributed by atoms with E-state index in [-0.39, 0.29) is 5.91 Å². The number of nitrogens with zero attached hydrogens (tertiary/aromatic N) is 3. The summed E-state index contributed by atoms with van der Waals surface area (Å²) in [5.41, 5.74) is 0.769. The number of nitrogens with one attached hydrogen (secondary N) is 1. The van der Waals surface area contributed by atoms with Gasteiger partial charge in [-0.3, -0.25) is 9.69 Å². The number of fused-ring (bicyclic) bond motifs is 1. The smallest absolute Gasteiger partial charge is 0.228 e. The summed E-state index contributed by atoms with van der Waals surface area (Å²) in [4.78, 5) is 25.1. The summed E-state index contributed by atoms with van der Waals surface area (Å²) in [7, 11) is 0. The molecule has 1 atom stereocenters. The molecule has 17 heavy (non-hydrogen) atoms. The van der Waals surface area contributed by atoms with Gasteiger partial charge in [-0.15, -0.1) is 0 Å². The molecule has 1 unspecified atom stereocenters. The van der Waals surface area contributed by atoms with Crippen molar-refractivity contribution in [3.8, 4) is 0 Å². The van der Waals surface area contributed by atoms with Gasteiger partial charge in [-0.2, -0.15) is 0 Å². The Bertz CT molecular complexity index is 567. The molecule has 0 aliphatic carbocycles. The zero-order valence-corrected chi connectivity index (χ0v) is 10.6. The Morgan fingerprint density at radius 1 is 1.53 bits per heavy atom. The van der Waals surface area contributed by atoms with Gasteiger partial charge < -0.3 is 4.98 Å². The lowest BCUT2D eigenvalue weighted by molar-refractivity contribution is -0.117. The Hall–Kier alpha value is -1.43. The van der Waals surface area contributed by atoms with E-state index in [4.69, 9.17) is 0 Å². The number of hydrogen-bond donors (Lipinski definition) is 1. The average Bonchev–Trinajstić information content (AvgIpc) is 2.94. The summed E-state index contributed by atoms with van der Waals surface area (Å²) < 4.78 is 0. The lowest BCUT2D eigenvalue weighted by Crippen LogP contribution is -2.25.